The van der Waals surface area contributed by atoms with E-state index in [4.69, 9.17) is 4.74 Å². The Labute approximate surface area is 163 Å². The maximum Gasteiger partial charge on any atom is 0.273 e. The summed E-state index contributed by atoms with van der Waals surface area (Å²) in [5, 5.41) is 6.28. The highest BCUT2D eigenvalue weighted by Gasteiger charge is 2.18. The number of carbonyl (C=O) groups is 1. The molecule has 0 radical (unpaired) electrons. The van der Waals surface area contributed by atoms with E-state index in [1.54, 1.807) is 11.7 Å². The molecule has 1 atom stereocenters. The second-order valence-corrected chi connectivity index (χ2v) is 6.97. The first kappa shape index (κ1) is 19.7. The van der Waals surface area contributed by atoms with E-state index in [1.807, 2.05) is 52.0 Å². The summed E-state index contributed by atoms with van der Waals surface area (Å²) in [7, 11) is 1.75. The van der Waals surface area contributed by atoms with Crippen LogP contribution < -0.4 is 15.6 Å². The Morgan fingerprint density at radius 3 is 2.82 bits per heavy atom. The molecule has 3 rings (SSSR count). The Bertz CT molecular complexity index is 1080. The van der Waals surface area contributed by atoms with Crippen LogP contribution in [0, 0.1) is 13.8 Å². The smallest absolute Gasteiger partial charge is 0.273 e. The van der Waals surface area contributed by atoms with E-state index in [9.17, 15) is 9.59 Å². The number of hydrogen-bond acceptors (Lipinski definition) is 4. The molecule has 148 valence electrons. The van der Waals surface area contributed by atoms with Crippen molar-refractivity contribution in [3.05, 3.63) is 57.0 Å². The molecule has 0 bridgehead atoms. The van der Waals surface area contributed by atoms with Crippen LogP contribution in [0.1, 0.15) is 42.3 Å². The van der Waals surface area contributed by atoms with Gasteiger partial charge in [-0.25, -0.2) is 4.98 Å². The Morgan fingerprint density at radius 2 is 2.11 bits per heavy atom. The summed E-state index contributed by atoms with van der Waals surface area (Å²) >= 11 is 0. The maximum absolute atomic E-state index is 12.7. The molecule has 28 heavy (non-hydrogen) atoms. The van der Waals surface area contributed by atoms with Gasteiger partial charge >= 0.3 is 0 Å². The lowest BCUT2D eigenvalue weighted by Gasteiger charge is -2.17. The van der Waals surface area contributed by atoms with Gasteiger partial charge in [0.2, 0.25) is 5.91 Å². The van der Waals surface area contributed by atoms with Crippen molar-refractivity contribution < 1.29 is 9.53 Å². The number of carbonyl (C=O) groups excluding carboxylic acids is 1. The lowest BCUT2D eigenvalue weighted by atomic mass is 10.0. The number of aromatic amines is 1. The highest BCUT2D eigenvalue weighted by Crippen LogP contribution is 2.22. The van der Waals surface area contributed by atoms with Gasteiger partial charge in [0, 0.05) is 12.7 Å². The third-order valence-corrected chi connectivity index (χ3v) is 4.96. The predicted octanol–water partition coefficient (Wildman–Crippen LogP) is 2.70. The molecule has 1 amide bonds. The molecular weight excluding hydrogens is 356 g/mol. The number of nitrogens with zero attached hydrogens (tertiary/aromatic N) is 2. The van der Waals surface area contributed by atoms with Crippen molar-refractivity contribution >= 4 is 16.9 Å². The third-order valence-electron chi connectivity index (χ3n) is 4.96. The van der Waals surface area contributed by atoms with Crippen LogP contribution in [0.3, 0.4) is 0 Å². The van der Waals surface area contributed by atoms with Gasteiger partial charge < -0.3 is 10.1 Å². The predicted molar refractivity (Wildman–Crippen MR) is 109 cm³/mol. The minimum atomic E-state index is -0.190. The van der Waals surface area contributed by atoms with Crippen molar-refractivity contribution in [2.75, 3.05) is 6.61 Å². The van der Waals surface area contributed by atoms with Gasteiger partial charge in [-0.05, 0) is 56.5 Å². The van der Waals surface area contributed by atoms with Crippen molar-refractivity contribution in [1.29, 1.82) is 0 Å². The van der Waals surface area contributed by atoms with Gasteiger partial charge in [-0.3, -0.25) is 19.4 Å². The molecule has 3 aromatic rings. The van der Waals surface area contributed by atoms with Crippen LogP contribution in [0.4, 0.5) is 0 Å². The minimum absolute atomic E-state index is 0.117. The van der Waals surface area contributed by atoms with Crippen LogP contribution in [0.5, 0.6) is 5.75 Å². The van der Waals surface area contributed by atoms with Crippen molar-refractivity contribution in [3.63, 3.8) is 0 Å². The summed E-state index contributed by atoms with van der Waals surface area (Å²) in [6.45, 7) is 8.19. The number of fused-ring (bicyclic) bond motifs is 1. The maximum atomic E-state index is 12.7. The zero-order valence-corrected chi connectivity index (χ0v) is 16.9. The van der Waals surface area contributed by atoms with Crippen LogP contribution in [-0.2, 0) is 18.3 Å². The summed E-state index contributed by atoms with van der Waals surface area (Å²) in [5.41, 5.74) is 3.72. The highest BCUT2D eigenvalue weighted by molar-refractivity contribution is 5.84. The first-order valence-corrected chi connectivity index (χ1v) is 9.38. The standard InChI is InChI=1S/C21H26N4O3/c1-6-28-16-9-7-8-15(10-16)13(3)22-18(26)11-17-12(2)19-20(23-14(17)4)25(5)24-21(19)27/h7-10,13H,6,11H2,1-5H3,(H,22,26)(H,24,27). The monoisotopic (exact) mass is 382 g/mol. The molecule has 0 saturated heterocycles. The first-order valence-electron chi connectivity index (χ1n) is 9.38. The number of benzene rings is 1. The fraction of sp³-hybridized carbons (Fsp3) is 0.381. The van der Waals surface area contributed by atoms with Gasteiger partial charge in [-0.1, -0.05) is 12.1 Å². The van der Waals surface area contributed by atoms with Crippen molar-refractivity contribution in [2.45, 2.75) is 40.2 Å². The Morgan fingerprint density at radius 1 is 1.36 bits per heavy atom. The fourth-order valence-corrected chi connectivity index (χ4v) is 3.49. The average Bonchev–Trinajstić information content (AvgIpc) is 2.92. The SMILES string of the molecule is CCOc1cccc(C(C)NC(=O)Cc2c(C)nc3c(c2C)c(=O)[nH]n3C)c1. The molecule has 1 unspecified atom stereocenters. The Balaban J connectivity index is 1.81. The molecule has 0 spiro atoms. The first-order chi connectivity index (χ1) is 13.3. The topological polar surface area (TPSA) is 89.0 Å². The Hall–Kier alpha value is -3.09. The molecule has 0 aliphatic heterocycles. The summed E-state index contributed by atoms with van der Waals surface area (Å²) in [4.78, 5) is 29.4. The number of rotatable bonds is 6. The van der Waals surface area contributed by atoms with Crippen LogP contribution >= 0.6 is 0 Å². The second-order valence-electron chi connectivity index (χ2n) is 6.97. The summed E-state index contributed by atoms with van der Waals surface area (Å²) in [6.07, 6.45) is 0.171. The summed E-state index contributed by atoms with van der Waals surface area (Å²) in [6, 6.07) is 7.54. The minimum Gasteiger partial charge on any atom is -0.494 e. The van der Waals surface area contributed by atoms with Crippen LogP contribution in [0.15, 0.2) is 29.1 Å². The van der Waals surface area contributed by atoms with Crippen LogP contribution in [0.25, 0.3) is 11.0 Å². The van der Waals surface area contributed by atoms with Crippen molar-refractivity contribution in [3.8, 4) is 5.75 Å². The molecule has 2 N–H and O–H groups in total. The van der Waals surface area contributed by atoms with E-state index < -0.39 is 0 Å². The number of amides is 1. The highest BCUT2D eigenvalue weighted by atomic mass is 16.5. The van der Waals surface area contributed by atoms with Crippen molar-refractivity contribution in [2.24, 2.45) is 7.05 Å². The summed E-state index contributed by atoms with van der Waals surface area (Å²) in [5.74, 6) is 0.666. The number of aromatic nitrogens is 3. The van der Waals surface area contributed by atoms with Gasteiger partial charge in [0.1, 0.15) is 5.75 Å². The number of nitrogens with one attached hydrogen (secondary N) is 2. The van der Waals surface area contributed by atoms with Gasteiger partial charge in [0.15, 0.2) is 5.65 Å². The van der Waals surface area contributed by atoms with Crippen molar-refractivity contribution in [1.82, 2.24) is 20.1 Å². The lowest BCUT2D eigenvalue weighted by molar-refractivity contribution is -0.121. The van der Waals surface area contributed by atoms with E-state index in [2.05, 4.69) is 15.4 Å². The zero-order valence-electron chi connectivity index (χ0n) is 16.9. The molecule has 1 aromatic carbocycles. The van der Waals surface area contributed by atoms with Crippen LogP contribution in [0.2, 0.25) is 0 Å². The molecule has 0 aliphatic rings. The number of aryl methyl sites for hydroxylation is 3. The molecular formula is C21H26N4O3. The number of ether oxygens (including phenoxy) is 1. The largest absolute Gasteiger partial charge is 0.494 e. The zero-order chi connectivity index (χ0) is 20.4. The van der Waals surface area contributed by atoms with E-state index in [1.165, 1.54) is 0 Å². The molecule has 2 aromatic heterocycles. The number of pyridine rings is 1. The normalized spacial score (nSPS) is 12.2. The Kier molecular flexibility index (Phi) is 5.53. The van der Waals surface area contributed by atoms with E-state index in [0.717, 1.165) is 28.1 Å². The van der Waals surface area contributed by atoms with Gasteiger partial charge in [-0.2, -0.15) is 0 Å². The molecule has 7 nitrogen and oxygen atoms in total. The molecule has 0 fully saturated rings. The lowest BCUT2D eigenvalue weighted by Crippen LogP contribution is -2.28. The molecule has 7 heteroatoms. The molecule has 0 aliphatic carbocycles. The molecule has 0 saturated carbocycles. The van der Waals surface area contributed by atoms with E-state index in [-0.39, 0.29) is 23.9 Å². The third kappa shape index (κ3) is 3.78. The molecule has 2 heterocycles. The quantitative estimate of drug-likeness (QED) is 0.686. The van der Waals surface area contributed by atoms with Gasteiger partial charge in [0.25, 0.3) is 5.56 Å². The number of H-pyrrole nitrogens is 1. The fourth-order valence-electron chi connectivity index (χ4n) is 3.49. The van der Waals surface area contributed by atoms with Gasteiger partial charge in [-0.15, -0.1) is 0 Å². The van der Waals surface area contributed by atoms with Crippen LogP contribution in [-0.4, -0.2) is 27.3 Å². The van der Waals surface area contributed by atoms with E-state index >= 15 is 0 Å². The second kappa shape index (κ2) is 7.88. The van der Waals surface area contributed by atoms with E-state index in [0.29, 0.717) is 17.6 Å². The van der Waals surface area contributed by atoms with Gasteiger partial charge in [0.05, 0.1) is 24.5 Å². The number of hydrogen-bond donors (Lipinski definition) is 2. The average molecular weight is 382 g/mol. The summed E-state index contributed by atoms with van der Waals surface area (Å²) < 4.78 is 7.13.